The maximum absolute atomic E-state index is 13.9. The van der Waals surface area contributed by atoms with Crippen LogP contribution in [0.3, 0.4) is 0 Å². The molecule has 134 valence electrons. The van der Waals surface area contributed by atoms with Crippen LogP contribution in [0.15, 0.2) is 42.6 Å². The number of benzene rings is 1. The average Bonchev–Trinajstić information content (AvgIpc) is 3.04. The molecule has 2 aromatic heterocycles. The van der Waals surface area contributed by atoms with Gasteiger partial charge in [0, 0.05) is 41.8 Å². The highest BCUT2D eigenvalue weighted by Crippen LogP contribution is 2.26. The third kappa shape index (κ3) is 3.44. The third-order valence-corrected chi connectivity index (χ3v) is 5.25. The maximum Gasteiger partial charge on any atom is 0.223 e. The molecule has 1 saturated heterocycles. The molecule has 1 fully saturated rings. The third-order valence-electron chi connectivity index (χ3n) is 5.25. The van der Waals surface area contributed by atoms with Crippen LogP contribution in [0, 0.1) is 11.9 Å². The summed E-state index contributed by atoms with van der Waals surface area (Å²) in [5, 5.41) is 2.01. The van der Waals surface area contributed by atoms with E-state index in [1.807, 2.05) is 24.4 Å². The zero-order valence-electron chi connectivity index (χ0n) is 14.8. The van der Waals surface area contributed by atoms with Crippen molar-refractivity contribution in [2.75, 3.05) is 13.1 Å². The van der Waals surface area contributed by atoms with Crippen molar-refractivity contribution in [2.24, 2.45) is 0 Å². The topological polar surface area (TPSA) is 29.0 Å². The highest BCUT2D eigenvalue weighted by molar-refractivity contribution is 5.86. The van der Waals surface area contributed by atoms with Gasteiger partial charge in [0.2, 0.25) is 11.9 Å². The normalized spacial score (nSPS) is 17.9. The molecule has 0 radical (unpaired) electrons. The van der Waals surface area contributed by atoms with Crippen molar-refractivity contribution < 1.29 is 8.78 Å². The summed E-state index contributed by atoms with van der Waals surface area (Å²) in [6.45, 7) is 4.49. The van der Waals surface area contributed by atoms with Gasteiger partial charge in [0.05, 0.1) is 0 Å². The fraction of sp³-hybridized carbons (Fsp3) is 0.333. The van der Waals surface area contributed by atoms with Gasteiger partial charge in [-0.05, 0) is 61.5 Å². The number of nitrogens with zero attached hydrogens (tertiary/aromatic N) is 3. The minimum absolute atomic E-state index is 0.292. The number of halogens is 2. The highest BCUT2D eigenvalue weighted by atomic mass is 19.1. The van der Waals surface area contributed by atoms with Gasteiger partial charge in [0.25, 0.3) is 0 Å². The van der Waals surface area contributed by atoms with Crippen LogP contribution in [0.2, 0.25) is 0 Å². The van der Waals surface area contributed by atoms with Crippen LogP contribution in [-0.4, -0.2) is 34.0 Å². The van der Waals surface area contributed by atoms with Gasteiger partial charge in [0.1, 0.15) is 0 Å². The van der Waals surface area contributed by atoms with E-state index in [1.54, 1.807) is 0 Å². The van der Waals surface area contributed by atoms with E-state index >= 15 is 0 Å². The molecule has 3 nitrogen and oxygen atoms in total. The zero-order chi connectivity index (χ0) is 18.1. The number of hydrogen-bond donors (Lipinski definition) is 0. The van der Waals surface area contributed by atoms with Crippen LogP contribution in [0.1, 0.15) is 25.5 Å². The fourth-order valence-corrected chi connectivity index (χ4v) is 3.70. The molecule has 1 aromatic carbocycles. The standard InChI is InChI=1S/C21H21F2N3/c1-14-3-2-9-26(14)10-8-18-12-15-4-5-16(11-17(15)13-24-18)19-6-7-20(22)25-21(19)23/h4-7,11-14H,2-3,8-10H2,1H3/t14-/m0/s1. The Balaban J connectivity index is 1.56. The van der Waals surface area contributed by atoms with Crippen molar-refractivity contribution in [1.29, 1.82) is 0 Å². The Morgan fingerprint density at radius 3 is 2.77 bits per heavy atom. The van der Waals surface area contributed by atoms with Gasteiger partial charge in [-0.2, -0.15) is 13.8 Å². The van der Waals surface area contributed by atoms with Crippen LogP contribution in [0.5, 0.6) is 0 Å². The van der Waals surface area contributed by atoms with Gasteiger partial charge in [-0.25, -0.2) is 0 Å². The van der Waals surface area contributed by atoms with Crippen LogP contribution in [0.4, 0.5) is 8.78 Å². The lowest BCUT2D eigenvalue weighted by Crippen LogP contribution is -2.29. The summed E-state index contributed by atoms with van der Waals surface area (Å²) in [5.41, 5.74) is 2.03. The number of fused-ring (bicyclic) bond motifs is 1. The lowest BCUT2D eigenvalue weighted by atomic mass is 10.0. The molecule has 0 bridgehead atoms. The second kappa shape index (κ2) is 7.08. The Morgan fingerprint density at radius 1 is 1.12 bits per heavy atom. The van der Waals surface area contributed by atoms with Gasteiger partial charge in [-0.15, -0.1) is 0 Å². The summed E-state index contributed by atoms with van der Waals surface area (Å²) >= 11 is 0. The molecule has 0 aliphatic carbocycles. The monoisotopic (exact) mass is 353 g/mol. The lowest BCUT2D eigenvalue weighted by molar-refractivity contribution is 0.271. The highest BCUT2D eigenvalue weighted by Gasteiger charge is 2.19. The Hall–Kier alpha value is -2.40. The second-order valence-corrected chi connectivity index (χ2v) is 6.99. The molecule has 0 spiro atoms. The number of rotatable bonds is 4. The molecule has 26 heavy (non-hydrogen) atoms. The Kier molecular flexibility index (Phi) is 4.64. The first-order chi connectivity index (χ1) is 12.6. The Bertz CT molecular complexity index is 942. The minimum atomic E-state index is -0.814. The van der Waals surface area contributed by atoms with E-state index in [0.29, 0.717) is 17.2 Å². The molecular weight excluding hydrogens is 332 g/mol. The minimum Gasteiger partial charge on any atom is -0.300 e. The Labute approximate surface area is 151 Å². The fourth-order valence-electron chi connectivity index (χ4n) is 3.70. The summed E-state index contributed by atoms with van der Waals surface area (Å²) in [6, 6.07) is 11.0. The number of hydrogen-bond acceptors (Lipinski definition) is 3. The molecule has 3 heterocycles. The van der Waals surface area contributed by atoms with Crippen LogP contribution in [-0.2, 0) is 6.42 Å². The summed E-state index contributed by atoms with van der Waals surface area (Å²) in [6.07, 6.45) is 5.32. The van der Waals surface area contributed by atoms with E-state index in [2.05, 4.69) is 27.9 Å². The summed E-state index contributed by atoms with van der Waals surface area (Å²) in [7, 11) is 0. The first kappa shape index (κ1) is 17.0. The predicted molar refractivity (Wildman–Crippen MR) is 98.9 cm³/mol. The first-order valence-electron chi connectivity index (χ1n) is 9.05. The number of likely N-dealkylation sites (tertiary alicyclic amines) is 1. The van der Waals surface area contributed by atoms with Crippen molar-refractivity contribution in [3.05, 3.63) is 60.2 Å². The number of pyridine rings is 2. The molecular formula is C21H21F2N3. The van der Waals surface area contributed by atoms with E-state index < -0.39 is 11.9 Å². The van der Waals surface area contributed by atoms with E-state index in [9.17, 15) is 8.78 Å². The molecule has 0 N–H and O–H groups in total. The first-order valence-corrected chi connectivity index (χ1v) is 9.05. The molecule has 1 atom stereocenters. The number of aromatic nitrogens is 2. The second-order valence-electron chi connectivity index (χ2n) is 6.99. The van der Waals surface area contributed by atoms with Gasteiger partial charge in [-0.3, -0.25) is 4.98 Å². The molecule has 0 amide bonds. The van der Waals surface area contributed by atoms with Crippen molar-refractivity contribution in [3.8, 4) is 11.1 Å². The van der Waals surface area contributed by atoms with Crippen LogP contribution < -0.4 is 0 Å². The SMILES string of the molecule is C[C@H]1CCCN1CCc1cc2ccc(-c3ccc(F)nc3F)cc2cn1. The van der Waals surface area contributed by atoms with Gasteiger partial charge < -0.3 is 4.90 Å². The summed E-state index contributed by atoms with van der Waals surface area (Å²) in [4.78, 5) is 10.3. The van der Waals surface area contributed by atoms with Gasteiger partial charge in [0.15, 0.2) is 0 Å². The molecule has 0 saturated carbocycles. The summed E-state index contributed by atoms with van der Waals surface area (Å²) in [5.74, 6) is -1.61. The molecule has 0 unspecified atom stereocenters. The smallest absolute Gasteiger partial charge is 0.223 e. The van der Waals surface area contributed by atoms with Crippen molar-refractivity contribution in [2.45, 2.75) is 32.2 Å². The van der Waals surface area contributed by atoms with Crippen LogP contribution in [0.25, 0.3) is 21.9 Å². The summed E-state index contributed by atoms with van der Waals surface area (Å²) < 4.78 is 26.9. The molecule has 5 heteroatoms. The van der Waals surface area contributed by atoms with E-state index in [4.69, 9.17) is 0 Å². The van der Waals surface area contributed by atoms with Crippen molar-refractivity contribution >= 4 is 10.8 Å². The Morgan fingerprint density at radius 2 is 2.00 bits per heavy atom. The largest absolute Gasteiger partial charge is 0.300 e. The van der Waals surface area contributed by atoms with Crippen molar-refractivity contribution in [3.63, 3.8) is 0 Å². The molecule has 3 aromatic rings. The molecule has 4 rings (SSSR count). The van der Waals surface area contributed by atoms with Gasteiger partial charge >= 0.3 is 0 Å². The predicted octanol–water partition coefficient (Wildman–Crippen LogP) is 4.60. The van der Waals surface area contributed by atoms with Crippen molar-refractivity contribution in [1.82, 2.24) is 14.9 Å². The van der Waals surface area contributed by atoms with E-state index in [0.717, 1.165) is 29.4 Å². The van der Waals surface area contributed by atoms with Gasteiger partial charge in [-0.1, -0.05) is 12.1 Å². The zero-order valence-corrected chi connectivity index (χ0v) is 14.8. The van der Waals surface area contributed by atoms with Crippen LogP contribution >= 0.6 is 0 Å². The van der Waals surface area contributed by atoms with E-state index in [-0.39, 0.29) is 0 Å². The molecule has 1 aliphatic heterocycles. The lowest BCUT2D eigenvalue weighted by Gasteiger charge is -2.20. The maximum atomic E-state index is 13.9. The van der Waals surface area contributed by atoms with E-state index in [1.165, 1.54) is 31.5 Å². The quantitative estimate of drug-likeness (QED) is 0.642. The molecule has 1 aliphatic rings. The average molecular weight is 353 g/mol.